The van der Waals surface area contributed by atoms with E-state index >= 15 is 0 Å². The van der Waals surface area contributed by atoms with E-state index in [0.29, 0.717) is 11.4 Å². The number of hydrogen-bond acceptors (Lipinski definition) is 5. The molecule has 0 saturated heterocycles. The molecule has 0 aromatic carbocycles. The number of amides is 1. The normalized spacial score (nSPS) is 11.9. The molecule has 110 valence electrons. The van der Waals surface area contributed by atoms with Crippen LogP contribution >= 0.6 is 0 Å². The molecule has 1 N–H and O–H groups in total. The van der Waals surface area contributed by atoms with Crippen molar-refractivity contribution in [2.24, 2.45) is 5.92 Å². The Bertz CT molecular complexity index is 624. The second-order valence-electron chi connectivity index (χ2n) is 4.67. The van der Waals surface area contributed by atoms with E-state index in [-0.39, 0.29) is 12.5 Å². The average Bonchev–Trinajstić information content (AvgIpc) is 3.00. The van der Waals surface area contributed by atoms with Gasteiger partial charge in [-0.1, -0.05) is 6.92 Å². The van der Waals surface area contributed by atoms with Gasteiger partial charge in [0.15, 0.2) is 5.82 Å². The molecular formula is C13H15N5O3. The van der Waals surface area contributed by atoms with Crippen LogP contribution in [0.25, 0.3) is 5.82 Å². The Kier molecular flexibility index (Phi) is 4.27. The van der Waals surface area contributed by atoms with Crippen LogP contribution in [-0.2, 0) is 4.79 Å². The molecule has 0 aliphatic heterocycles. The number of carbonyl (C=O) groups is 2. The molecular weight excluding hydrogens is 274 g/mol. The number of aliphatic carboxylic acids is 1. The molecule has 1 atom stereocenters. The van der Waals surface area contributed by atoms with Gasteiger partial charge in [-0.25, -0.2) is 14.6 Å². The van der Waals surface area contributed by atoms with E-state index in [2.05, 4.69) is 15.1 Å². The largest absolute Gasteiger partial charge is 0.481 e. The fourth-order valence-corrected chi connectivity index (χ4v) is 1.77. The zero-order chi connectivity index (χ0) is 15.4. The first-order chi connectivity index (χ1) is 9.99. The average molecular weight is 289 g/mol. The SMILES string of the molecule is CC(CN(C)C(=O)c1ccc(-n2cncn2)nc1)C(=O)O. The maximum atomic E-state index is 12.2. The summed E-state index contributed by atoms with van der Waals surface area (Å²) in [7, 11) is 1.56. The van der Waals surface area contributed by atoms with Crippen LogP contribution in [0.3, 0.4) is 0 Å². The fourth-order valence-electron chi connectivity index (χ4n) is 1.77. The summed E-state index contributed by atoms with van der Waals surface area (Å²) in [5.74, 6) is -1.29. The Balaban J connectivity index is 2.07. The van der Waals surface area contributed by atoms with Crippen LogP contribution in [0.15, 0.2) is 31.0 Å². The van der Waals surface area contributed by atoms with Crippen LogP contribution in [-0.4, -0.2) is 55.2 Å². The summed E-state index contributed by atoms with van der Waals surface area (Å²) < 4.78 is 1.48. The smallest absolute Gasteiger partial charge is 0.308 e. The van der Waals surface area contributed by atoms with Gasteiger partial charge in [0.25, 0.3) is 5.91 Å². The summed E-state index contributed by atoms with van der Waals surface area (Å²) in [6.45, 7) is 1.69. The molecule has 2 aromatic heterocycles. The molecule has 1 amide bonds. The highest BCUT2D eigenvalue weighted by molar-refractivity contribution is 5.94. The number of rotatable bonds is 5. The van der Waals surface area contributed by atoms with E-state index in [4.69, 9.17) is 5.11 Å². The molecule has 1 unspecified atom stereocenters. The molecule has 0 bridgehead atoms. The number of carboxylic acid groups (broad SMARTS) is 1. The predicted octanol–water partition coefficient (Wildman–Crippen LogP) is 0.455. The minimum atomic E-state index is -0.936. The third-order valence-electron chi connectivity index (χ3n) is 2.96. The number of aromatic nitrogens is 4. The van der Waals surface area contributed by atoms with E-state index < -0.39 is 11.9 Å². The van der Waals surface area contributed by atoms with E-state index in [1.54, 1.807) is 26.1 Å². The van der Waals surface area contributed by atoms with E-state index in [1.807, 2.05) is 0 Å². The molecule has 0 radical (unpaired) electrons. The molecule has 0 saturated carbocycles. The van der Waals surface area contributed by atoms with Gasteiger partial charge in [-0.2, -0.15) is 5.10 Å². The van der Waals surface area contributed by atoms with Crippen molar-refractivity contribution in [2.75, 3.05) is 13.6 Å². The Morgan fingerprint density at radius 3 is 2.71 bits per heavy atom. The highest BCUT2D eigenvalue weighted by Crippen LogP contribution is 2.08. The molecule has 0 spiro atoms. The number of carboxylic acids is 1. The fraction of sp³-hybridized carbons (Fsp3) is 0.308. The van der Waals surface area contributed by atoms with Crippen molar-refractivity contribution >= 4 is 11.9 Å². The monoisotopic (exact) mass is 289 g/mol. The first-order valence-electron chi connectivity index (χ1n) is 6.28. The van der Waals surface area contributed by atoms with Crippen molar-refractivity contribution in [3.8, 4) is 5.82 Å². The quantitative estimate of drug-likeness (QED) is 0.857. The van der Waals surface area contributed by atoms with Gasteiger partial charge in [0.05, 0.1) is 11.5 Å². The minimum absolute atomic E-state index is 0.138. The Hall–Kier alpha value is -2.77. The third kappa shape index (κ3) is 3.41. The summed E-state index contributed by atoms with van der Waals surface area (Å²) >= 11 is 0. The summed E-state index contributed by atoms with van der Waals surface area (Å²) in [5.41, 5.74) is 0.388. The highest BCUT2D eigenvalue weighted by Gasteiger charge is 2.18. The topological polar surface area (TPSA) is 101 Å². The number of carbonyl (C=O) groups excluding carboxylic acids is 1. The van der Waals surface area contributed by atoms with Crippen molar-refractivity contribution < 1.29 is 14.7 Å². The number of hydrogen-bond donors (Lipinski definition) is 1. The van der Waals surface area contributed by atoms with Gasteiger partial charge in [-0.3, -0.25) is 9.59 Å². The van der Waals surface area contributed by atoms with Crippen LogP contribution in [0, 0.1) is 5.92 Å². The summed E-state index contributed by atoms with van der Waals surface area (Å²) in [6, 6.07) is 3.27. The predicted molar refractivity (Wildman–Crippen MR) is 72.9 cm³/mol. The van der Waals surface area contributed by atoms with Crippen molar-refractivity contribution in [3.05, 3.63) is 36.5 Å². The van der Waals surface area contributed by atoms with Crippen LogP contribution in [0.2, 0.25) is 0 Å². The van der Waals surface area contributed by atoms with Gasteiger partial charge < -0.3 is 10.0 Å². The molecule has 8 nitrogen and oxygen atoms in total. The van der Waals surface area contributed by atoms with E-state index in [1.165, 1.54) is 28.4 Å². The Labute approximate surface area is 121 Å². The lowest BCUT2D eigenvalue weighted by Gasteiger charge is -2.19. The lowest BCUT2D eigenvalue weighted by atomic mass is 10.1. The van der Waals surface area contributed by atoms with E-state index in [0.717, 1.165) is 0 Å². The first-order valence-corrected chi connectivity index (χ1v) is 6.28. The summed E-state index contributed by atoms with van der Waals surface area (Å²) in [4.78, 5) is 32.3. The maximum Gasteiger partial charge on any atom is 0.308 e. The van der Waals surface area contributed by atoms with Crippen LogP contribution in [0.1, 0.15) is 17.3 Å². The third-order valence-corrected chi connectivity index (χ3v) is 2.96. The minimum Gasteiger partial charge on any atom is -0.481 e. The first kappa shape index (κ1) is 14.6. The second-order valence-corrected chi connectivity index (χ2v) is 4.67. The van der Waals surface area contributed by atoms with Crippen molar-refractivity contribution in [1.82, 2.24) is 24.6 Å². The highest BCUT2D eigenvalue weighted by atomic mass is 16.4. The standard InChI is InChI=1S/C13H15N5O3/c1-9(13(20)21)6-17(2)12(19)10-3-4-11(15-5-10)18-8-14-7-16-18/h3-5,7-9H,6H2,1-2H3,(H,20,21). The van der Waals surface area contributed by atoms with Crippen molar-refractivity contribution in [1.29, 1.82) is 0 Å². The van der Waals surface area contributed by atoms with Gasteiger partial charge in [0, 0.05) is 19.8 Å². The van der Waals surface area contributed by atoms with Crippen molar-refractivity contribution in [2.45, 2.75) is 6.92 Å². The van der Waals surface area contributed by atoms with Crippen LogP contribution < -0.4 is 0 Å². The molecule has 2 heterocycles. The van der Waals surface area contributed by atoms with Gasteiger partial charge >= 0.3 is 5.97 Å². The van der Waals surface area contributed by atoms with Gasteiger partial charge in [0.2, 0.25) is 0 Å². The molecule has 2 aromatic rings. The summed E-state index contributed by atoms with van der Waals surface area (Å²) in [6.07, 6.45) is 4.33. The van der Waals surface area contributed by atoms with Gasteiger partial charge in [-0.05, 0) is 12.1 Å². The van der Waals surface area contributed by atoms with Gasteiger partial charge in [-0.15, -0.1) is 0 Å². The molecule has 21 heavy (non-hydrogen) atoms. The lowest BCUT2D eigenvalue weighted by Crippen LogP contribution is -2.33. The molecule has 0 fully saturated rings. The lowest BCUT2D eigenvalue weighted by molar-refractivity contribution is -0.141. The Morgan fingerprint density at radius 1 is 1.43 bits per heavy atom. The zero-order valence-corrected chi connectivity index (χ0v) is 11.7. The molecule has 0 aliphatic rings. The van der Waals surface area contributed by atoms with Crippen molar-refractivity contribution in [3.63, 3.8) is 0 Å². The number of pyridine rings is 1. The number of nitrogens with zero attached hydrogens (tertiary/aromatic N) is 5. The summed E-state index contributed by atoms with van der Waals surface area (Å²) in [5, 5.41) is 12.8. The van der Waals surface area contributed by atoms with Crippen LogP contribution in [0.5, 0.6) is 0 Å². The van der Waals surface area contributed by atoms with E-state index in [9.17, 15) is 9.59 Å². The van der Waals surface area contributed by atoms with Gasteiger partial charge in [0.1, 0.15) is 12.7 Å². The zero-order valence-electron chi connectivity index (χ0n) is 11.7. The maximum absolute atomic E-state index is 12.2. The molecule has 0 aliphatic carbocycles. The Morgan fingerprint density at radius 2 is 2.19 bits per heavy atom. The molecule has 8 heteroatoms. The van der Waals surface area contributed by atoms with Crippen LogP contribution in [0.4, 0.5) is 0 Å². The second kappa shape index (κ2) is 6.12. The molecule has 2 rings (SSSR count).